The third-order valence-electron chi connectivity index (χ3n) is 4.08. The first-order valence-electron chi connectivity index (χ1n) is 7.56. The first-order chi connectivity index (χ1) is 11.5. The molecule has 2 atom stereocenters. The third-order valence-corrected chi connectivity index (χ3v) is 4.57. The minimum atomic E-state index is -0.589. The number of carbonyl (C=O) groups excluding carboxylic acids is 3. The normalized spacial score (nSPS) is 22.1. The van der Waals surface area contributed by atoms with Crippen LogP contribution in [0.3, 0.4) is 0 Å². The molecule has 8 heteroatoms. The molecule has 1 fully saturated rings. The lowest BCUT2D eigenvalue weighted by Crippen LogP contribution is -2.44. The van der Waals surface area contributed by atoms with Gasteiger partial charge >= 0.3 is 6.03 Å². The largest absolute Gasteiger partial charge is 0.335 e. The molecule has 0 radical (unpaired) electrons. The van der Waals surface area contributed by atoms with Gasteiger partial charge in [-0.3, -0.25) is 9.59 Å². The van der Waals surface area contributed by atoms with Gasteiger partial charge in [-0.15, -0.1) is 6.58 Å². The Morgan fingerprint density at radius 1 is 1.46 bits per heavy atom. The van der Waals surface area contributed by atoms with Crippen LogP contribution in [0.25, 0.3) is 0 Å². The molecule has 2 aliphatic heterocycles. The number of fused-ring (bicyclic) bond motifs is 2. The summed E-state index contributed by atoms with van der Waals surface area (Å²) in [5, 5.41) is 8.20. The van der Waals surface area contributed by atoms with E-state index >= 15 is 0 Å². The summed E-state index contributed by atoms with van der Waals surface area (Å²) < 4.78 is 0.764. The van der Waals surface area contributed by atoms with Crippen LogP contribution >= 0.6 is 15.9 Å². The van der Waals surface area contributed by atoms with E-state index < -0.39 is 6.04 Å². The van der Waals surface area contributed by atoms with Gasteiger partial charge in [-0.2, -0.15) is 0 Å². The van der Waals surface area contributed by atoms with Gasteiger partial charge in [0.1, 0.15) is 6.04 Å². The second-order valence-electron chi connectivity index (χ2n) is 5.73. The molecule has 0 unspecified atom stereocenters. The minimum Gasteiger partial charge on any atom is -0.335 e. The Kier molecular flexibility index (Phi) is 4.57. The van der Waals surface area contributed by atoms with E-state index in [-0.39, 0.29) is 23.9 Å². The van der Waals surface area contributed by atoms with Crippen molar-refractivity contribution in [3.05, 3.63) is 40.9 Å². The zero-order chi connectivity index (χ0) is 17.3. The number of anilines is 1. The molecular weight excluding hydrogens is 376 g/mol. The highest BCUT2D eigenvalue weighted by Gasteiger charge is 2.43. The number of urea groups is 1. The van der Waals surface area contributed by atoms with Gasteiger partial charge in [0.15, 0.2) is 0 Å². The predicted molar refractivity (Wildman–Crippen MR) is 92.7 cm³/mol. The van der Waals surface area contributed by atoms with E-state index in [9.17, 15) is 14.4 Å². The van der Waals surface area contributed by atoms with Crippen molar-refractivity contribution in [2.45, 2.75) is 18.5 Å². The average molecular weight is 393 g/mol. The molecule has 3 rings (SSSR count). The van der Waals surface area contributed by atoms with E-state index in [1.54, 1.807) is 24.3 Å². The van der Waals surface area contributed by atoms with Gasteiger partial charge in [0.25, 0.3) is 5.91 Å². The summed E-state index contributed by atoms with van der Waals surface area (Å²) in [5.41, 5.74) is 0.952. The van der Waals surface area contributed by atoms with Crippen LogP contribution in [0, 0.1) is 0 Å². The Morgan fingerprint density at radius 2 is 2.25 bits per heavy atom. The highest BCUT2D eigenvalue weighted by Crippen LogP contribution is 2.30. The van der Waals surface area contributed by atoms with Gasteiger partial charge in [0.05, 0.1) is 17.3 Å². The van der Waals surface area contributed by atoms with Gasteiger partial charge in [0, 0.05) is 17.6 Å². The molecule has 1 saturated heterocycles. The zero-order valence-corrected chi connectivity index (χ0v) is 14.4. The molecule has 1 aromatic rings. The molecule has 0 aromatic heterocycles. The van der Waals surface area contributed by atoms with Crippen molar-refractivity contribution in [2.24, 2.45) is 0 Å². The SMILES string of the molecule is C=CCNC(=O)N[C@H]1C[C@H]2C(=O)Nc3ccc(Br)cc3C(=O)N2C1. The van der Waals surface area contributed by atoms with Crippen LogP contribution < -0.4 is 16.0 Å². The lowest BCUT2D eigenvalue weighted by molar-refractivity contribution is -0.119. The molecule has 2 aliphatic rings. The van der Waals surface area contributed by atoms with Crippen LogP contribution in [0.1, 0.15) is 16.8 Å². The second-order valence-corrected chi connectivity index (χ2v) is 6.64. The summed E-state index contributed by atoms with van der Waals surface area (Å²) in [6.07, 6.45) is 1.96. The van der Waals surface area contributed by atoms with E-state index in [0.29, 0.717) is 30.8 Å². The van der Waals surface area contributed by atoms with Gasteiger partial charge < -0.3 is 20.9 Å². The number of hydrogen-bond donors (Lipinski definition) is 3. The van der Waals surface area contributed by atoms with Crippen LogP contribution in [0.5, 0.6) is 0 Å². The Balaban J connectivity index is 1.78. The van der Waals surface area contributed by atoms with Crippen molar-refractivity contribution < 1.29 is 14.4 Å². The minimum absolute atomic E-state index is 0.217. The lowest BCUT2D eigenvalue weighted by atomic mass is 10.1. The molecule has 1 aromatic carbocycles. The van der Waals surface area contributed by atoms with Crippen LogP contribution in [-0.4, -0.2) is 47.9 Å². The summed E-state index contributed by atoms with van der Waals surface area (Å²) in [6, 6.07) is 3.97. The average Bonchev–Trinajstić information content (AvgIpc) is 2.94. The van der Waals surface area contributed by atoms with Gasteiger partial charge in [-0.1, -0.05) is 22.0 Å². The topological polar surface area (TPSA) is 90.5 Å². The smallest absolute Gasteiger partial charge is 0.315 e. The fourth-order valence-corrected chi connectivity index (χ4v) is 3.35. The Bertz CT molecular complexity index is 721. The highest BCUT2D eigenvalue weighted by atomic mass is 79.9. The standard InChI is InChI=1S/C16H17BrN4O3/c1-2-5-18-16(24)19-10-7-13-14(22)20-12-4-3-9(17)6-11(12)15(23)21(13)8-10/h2-4,6,10,13H,1,5,7-8H2,(H,20,22)(H2,18,19,24)/t10-,13-/m0/s1. The molecular formula is C16H17BrN4O3. The summed E-state index contributed by atoms with van der Waals surface area (Å²) in [4.78, 5) is 38.5. The Labute approximate surface area is 147 Å². The molecule has 3 N–H and O–H groups in total. The molecule has 24 heavy (non-hydrogen) atoms. The zero-order valence-electron chi connectivity index (χ0n) is 12.8. The maximum Gasteiger partial charge on any atom is 0.315 e. The monoisotopic (exact) mass is 392 g/mol. The third kappa shape index (κ3) is 3.14. The maximum absolute atomic E-state index is 12.8. The van der Waals surface area contributed by atoms with Crippen LogP contribution in [0.2, 0.25) is 0 Å². The van der Waals surface area contributed by atoms with Gasteiger partial charge in [0.2, 0.25) is 5.91 Å². The molecule has 0 aliphatic carbocycles. The number of benzene rings is 1. The fraction of sp³-hybridized carbons (Fsp3) is 0.312. The maximum atomic E-state index is 12.8. The van der Waals surface area contributed by atoms with Crippen molar-refractivity contribution in [1.29, 1.82) is 0 Å². The molecule has 2 heterocycles. The number of hydrogen-bond acceptors (Lipinski definition) is 3. The molecule has 0 saturated carbocycles. The highest BCUT2D eigenvalue weighted by molar-refractivity contribution is 9.10. The Hall–Kier alpha value is -2.35. The first-order valence-corrected chi connectivity index (χ1v) is 8.35. The number of amides is 4. The summed E-state index contributed by atoms with van der Waals surface area (Å²) in [5.74, 6) is -0.453. The number of carbonyl (C=O) groups is 3. The van der Waals surface area contributed by atoms with Crippen molar-refractivity contribution in [2.75, 3.05) is 18.4 Å². The van der Waals surface area contributed by atoms with Crippen LogP contribution in [0.15, 0.2) is 35.3 Å². The van der Waals surface area contributed by atoms with Crippen molar-refractivity contribution in [1.82, 2.24) is 15.5 Å². The van der Waals surface area contributed by atoms with Crippen molar-refractivity contribution in [3.8, 4) is 0 Å². The number of rotatable bonds is 3. The van der Waals surface area contributed by atoms with Crippen molar-refractivity contribution >= 4 is 39.5 Å². The molecule has 126 valence electrons. The summed E-state index contributed by atoms with van der Waals surface area (Å²) in [7, 11) is 0. The van der Waals surface area contributed by atoms with E-state index in [1.165, 1.54) is 4.90 Å². The van der Waals surface area contributed by atoms with Crippen molar-refractivity contribution in [3.63, 3.8) is 0 Å². The molecule has 0 spiro atoms. The number of nitrogens with zero attached hydrogens (tertiary/aromatic N) is 1. The summed E-state index contributed by atoms with van der Waals surface area (Å²) in [6.45, 7) is 4.18. The number of nitrogens with one attached hydrogen (secondary N) is 3. The fourth-order valence-electron chi connectivity index (χ4n) is 2.99. The van der Waals surface area contributed by atoms with Gasteiger partial charge in [-0.25, -0.2) is 4.79 Å². The van der Waals surface area contributed by atoms with E-state index in [4.69, 9.17) is 0 Å². The Morgan fingerprint density at radius 3 is 3.00 bits per heavy atom. The first kappa shape index (κ1) is 16.5. The second kappa shape index (κ2) is 6.64. The quantitative estimate of drug-likeness (QED) is 0.680. The predicted octanol–water partition coefficient (Wildman–Crippen LogP) is 1.47. The van der Waals surface area contributed by atoms with E-state index in [1.807, 2.05) is 0 Å². The number of halogens is 1. The van der Waals surface area contributed by atoms with Crippen LogP contribution in [0.4, 0.5) is 10.5 Å². The summed E-state index contributed by atoms with van der Waals surface area (Å²) >= 11 is 3.34. The van der Waals surface area contributed by atoms with Gasteiger partial charge in [-0.05, 0) is 24.6 Å². The molecule has 7 nitrogen and oxygen atoms in total. The molecule has 0 bridgehead atoms. The van der Waals surface area contributed by atoms with E-state index in [2.05, 4.69) is 38.5 Å². The molecule has 4 amide bonds. The van der Waals surface area contributed by atoms with E-state index in [0.717, 1.165) is 4.47 Å². The van der Waals surface area contributed by atoms with Crippen LogP contribution in [-0.2, 0) is 4.79 Å². The lowest BCUT2D eigenvalue weighted by Gasteiger charge is -2.20.